The summed E-state index contributed by atoms with van der Waals surface area (Å²) >= 11 is 0. The van der Waals surface area contributed by atoms with E-state index in [1.165, 1.54) is 11.3 Å². The van der Waals surface area contributed by atoms with Gasteiger partial charge >= 0.3 is 0 Å². The first-order valence-electron chi connectivity index (χ1n) is 8.78. The molecule has 0 amide bonds. The molecule has 5 heteroatoms. The molecule has 4 rings (SSSR count). The van der Waals surface area contributed by atoms with Gasteiger partial charge in [0.1, 0.15) is 17.2 Å². The van der Waals surface area contributed by atoms with E-state index in [-0.39, 0.29) is 0 Å². The largest absolute Gasteiger partial charge is 0.497 e. The fourth-order valence-electron chi connectivity index (χ4n) is 3.42. The Hall–Kier alpha value is -2.95. The maximum atomic E-state index is 5.59. The van der Waals surface area contributed by atoms with Crippen molar-refractivity contribution >= 4 is 5.69 Å². The van der Waals surface area contributed by atoms with Crippen molar-refractivity contribution in [3.8, 4) is 22.8 Å². The summed E-state index contributed by atoms with van der Waals surface area (Å²) in [7, 11) is 3.37. The Balaban J connectivity index is 1.53. The lowest BCUT2D eigenvalue weighted by atomic mass is 10.0. The Morgan fingerprint density at radius 2 is 1.77 bits per heavy atom. The molecule has 2 aromatic carbocycles. The van der Waals surface area contributed by atoms with E-state index in [0.717, 1.165) is 47.9 Å². The van der Waals surface area contributed by atoms with Crippen molar-refractivity contribution in [3.63, 3.8) is 0 Å². The number of hydrogen-bond acceptors (Lipinski definition) is 5. The monoisotopic (exact) mass is 350 g/mol. The van der Waals surface area contributed by atoms with Gasteiger partial charge < -0.3 is 18.9 Å². The van der Waals surface area contributed by atoms with E-state index >= 15 is 0 Å². The van der Waals surface area contributed by atoms with E-state index in [1.807, 2.05) is 36.4 Å². The number of aromatic nitrogens is 1. The second-order valence-corrected chi connectivity index (χ2v) is 6.43. The molecule has 134 valence electrons. The van der Waals surface area contributed by atoms with E-state index in [0.29, 0.717) is 6.54 Å². The zero-order valence-corrected chi connectivity index (χ0v) is 15.1. The number of methoxy groups -OCH3 is 2. The van der Waals surface area contributed by atoms with Crippen LogP contribution in [0.25, 0.3) is 11.3 Å². The summed E-state index contributed by atoms with van der Waals surface area (Å²) < 4.78 is 16.1. The van der Waals surface area contributed by atoms with Gasteiger partial charge in [-0.05, 0) is 60.9 Å². The minimum atomic E-state index is 0.711. The molecule has 0 atom stereocenters. The number of hydrogen-bond donors (Lipinski definition) is 0. The molecule has 1 aromatic heterocycles. The molecule has 0 spiro atoms. The van der Waals surface area contributed by atoms with Crippen LogP contribution in [0.1, 0.15) is 17.7 Å². The molecule has 3 aromatic rings. The summed E-state index contributed by atoms with van der Waals surface area (Å²) in [4.78, 5) is 2.34. The van der Waals surface area contributed by atoms with Crippen LogP contribution in [0.4, 0.5) is 5.69 Å². The van der Waals surface area contributed by atoms with Gasteiger partial charge in [0.05, 0.1) is 20.8 Å². The van der Waals surface area contributed by atoms with E-state index in [9.17, 15) is 0 Å². The normalized spacial score (nSPS) is 13.4. The van der Waals surface area contributed by atoms with Gasteiger partial charge in [0, 0.05) is 23.9 Å². The maximum absolute atomic E-state index is 5.59. The Kier molecular flexibility index (Phi) is 4.52. The predicted octanol–water partition coefficient (Wildman–Crippen LogP) is 4.31. The van der Waals surface area contributed by atoms with Crippen LogP contribution < -0.4 is 14.4 Å². The second-order valence-electron chi connectivity index (χ2n) is 6.43. The van der Waals surface area contributed by atoms with Gasteiger partial charge in [0.2, 0.25) is 0 Å². The Labute approximate surface area is 153 Å². The van der Waals surface area contributed by atoms with Gasteiger partial charge in [-0.3, -0.25) is 0 Å². The van der Waals surface area contributed by atoms with Crippen molar-refractivity contribution in [2.75, 3.05) is 25.7 Å². The highest BCUT2D eigenvalue weighted by Gasteiger charge is 2.19. The van der Waals surface area contributed by atoms with E-state index < -0.39 is 0 Å². The summed E-state index contributed by atoms with van der Waals surface area (Å²) in [6.45, 7) is 1.72. The molecule has 0 radical (unpaired) electrons. The fraction of sp³-hybridized carbons (Fsp3) is 0.286. The van der Waals surface area contributed by atoms with Gasteiger partial charge in [-0.25, -0.2) is 0 Å². The third-order valence-corrected chi connectivity index (χ3v) is 4.79. The number of nitrogens with zero attached hydrogens (tertiary/aromatic N) is 2. The van der Waals surface area contributed by atoms with Crippen LogP contribution in [0.5, 0.6) is 11.5 Å². The smallest absolute Gasteiger partial charge is 0.156 e. The number of fused-ring (bicyclic) bond motifs is 1. The van der Waals surface area contributed by atoms with Crippen LogP contribution in [-0.4, -0.2) is 25.9 Å². The summed E-state index contributed by atoms with van der Waals surface area (Å²) in [6, 6.07) is 16.1. The van der Waals surface area contributed by atoms with Crippen LogP contribution in [0.3, 0.4) is 0 Å². The average Bonchev–Trinajstić information content (AvgIpc) is 3.16. The van der Waals surface area contributed by atoms with Crippen LogP contribution >= 0.6 is 0 Å². The zero-order valence-electron chi connectivity index (χ0n) is 15.1. The first-order chi connectivity index (χ1) is 12.8. The third kappa shape index (κ3) is 3.25. The second kappa shape index (κ2) is 7.12. The van der Waals surface area contributed by atoms with Crippen molar-refractivity contribution in [1.82, 2.24) is 5.16 Å². The highest BCUT2D eigenvalue weighted by atomic mass is 16.5. The van der Waals surface area contributed by atoms with Gasteiger partial charge in [-0.15, -0.1) is 0 Å². The number of ether oxygens (including phenoxy) is 2. The number of benzene rings is 2. The molecule has 26 heavy (non-hydrogen) atoms. The molecule has 0 aliphatic carbocycles. The van der Waals surface area contributed by atoms with Crippen molar-refractivity contribution < 1.29 is 14.0 Å². The van der Waals surface area contributed by atoms with Crippen molar-refractivity contribution in [2.24, 2.45) is 0 Å². The number of aryl methyl sites for hydroxylation is 1. The van der Waals surface area contributed by atoms with Crippen LogP contribution in [-0.2, 0) is 13.0 Å². The number of rotatable bonds is 5. The summed E-state index contributed by atoms with van der Waals surface area (Å²) in [5.41, 5.74) is 4.43. The SMILES string of the molecule is COc1ccc(-c2cc(CN3CCCc4cc(OC)ccc43)on2)cc1. The fourth-order valence-corrected chi connectivity index (χ4v) is 3.42. The zero-order chi connectivity index (χ0) is 17.9. The lowest BCUT2D eigenvalue weighted by molar-refractivity contribution is 0.381. The number of anilines is 1. The summed E-state index contributed by atoms with van der Waals surface area (Å²) in [6.07, 6.45) is 2.20. The molecule has 1 aliphatic heterocycles. The highest BCUT2D eigenvalue weighted by Crippen LogP contribution is 2.32. The molecular formula is C21H22N2O3. The molecule has 0 N–H and O–H groups in total. The van der Waals surface area contributed by atoms with Gasteiger partial charge in [-0.1, -0.05) is 5.16 Å². The lowest BCUT2D eigenvalue weighted by Gasteiger charge is -2.30. The third-order valence-electron chi connectivity index (χ3n) is 4.79. The van der Waals surface area contributed by atoms with Gasteiger partial charge in [0.25, 0.3) is 0 Å². The van der Waals surface area contributed by atoms with Crippen molar-refractivity contribution in [2.45, 2.75) is 19.4 Å². The van der Waals surface area contributed by atoms with Crippen molar-refractivity contribution in [3.05, 3.63) is 59.9 Å². The van der Waals surface area contributed by atoms with Crippen LogP contribution in [0.2, 0.25) is 0 Å². The van der Waals surface area contributed by atoms with Crippen LogP contribution in [0, 0.1) is 0 Å². The molecule has 0 saturated carbocycles. The molecule has 2 heterocycles. The molecule has 0 saturated heterocycles. The Bertz CT molecular complexity index is 887. The minimum absolute atomic E-state index is 0.711. The lowest BCUT2D eigenvalue weighted by Crippen LogP contribution is -2.28. The first kappa shape index (κ1) is 16.5. The molecule has 0 bridgehead atoms. The molecule has 0 fully saturated rings. The molecular weight excluding hydrogens is 328 g/mol. The van der Waals surface area contributed by atoms with Gasteiger partial charge in [-0.2, -0.15) is 0 Å². The van der Waals surface area contributed by atoms with Crippen molar-refractivity contribution in [1.29, 1.82) is 0 Å². The quantitative estimate of drug-likeness (QED) is 0.686. The summed E-state index contributed by atoms with van der Waals surface area (Å²) in [5, 5.41) is 4.23. The van der Waals surface area contributed by atoms with E-state index in [4.69, 9.17) is 14.0 Å². The predicted molar refractivity (Wildman–Crippen MR) is 101 cm³/mol. The standard InChI is InChI=1S/C21H22N2O3/c1-24-17-7-5-15(6-8-17)20-13-19(26-22-20)14-23-11-3-4-16-12-18(25-2)9-10-21(16)23/h5-10,12-13H,3-4,11,14H2,1-2H3. The topological polar surface area (TPSA) is 47.7 Å². The highest BCUT2D eigenvalue weighted by molar-refractivity contribution is 5.61. The molecule has 5 nitrogen and oxygen atoms in total. The summed E-state index contributed by atoms with van der Waals surface area (Å²) in [5.74, 6) is 2.60. The Morgan fingerprint density at radius 3 is 2.54 bits per heavy atom. The minimum Gasteiger partial charge on any atom is -0.497 e. The maximum Gasteiger partial charge on any atom is 0.156 e. The van der Waals surface area contributed by atoms with E-state index in [1.54, 1.807) is 14.2 Å². The van der Waals surface area contributed by atoms with E-state index in [2.05, 4.69) is 22.2 Å². The van der Waals surface area contributed by atoms with Crippen LogP contribution in [0.15, 0.2) is 53.1 Å². The van der Waals surface area contributed by atoms with Gasteiger partial charge in [0.15, 0.2) is 5.76 Å². The molecule has 1 aliphatic rings. The average molecular weight is 350 g/mol. The molecule has 0 unspecified atom stereocenters. The first-order valence-corrected chi connectivity index (χ1v) is 8.78. The Morgan fingerprint density at radius 1 is 1.00 bits per heavy atom.